The fraction of sp³-hybridized carbons (Fsp3) is 0.727. The fourth-order valence-corrected chi connectivity index (χ4v) is 1.67. The molecule has 1 atom stereocenters. The molecule has 0 saturated heterocycles. The van der Waals surface area contributed by atoms with Crippen LogP contribution in [0.2, 0.25) is 0 Å². The van der Waals surface area contributed by atoms with Gasteiger partial charge in [-0.25, -0.2) is 4.98 Å². The average Bonchev–Trinajstić information content (AvgIpc) is 2.52. The van der Waals surface area contributed by atoms with Crippen molar-refractivity contribution < 1.29 is 4.74 Å². The summed E-state index contributed by atoms with van der Waals surface area (Å²) in [6.45, 7) is 7.22. The van der Waals surface area contributed by atoms with Crippen LogP contribution in [0, 0.1) is 5.41 Å². The van der Waals surface area contributed by atoms with Gasteiger partial charge >= 0.3 is 0 Å². The molecule has 0 saturated carbocycles. The van der Waals surface area contributed by atoms with Crippen LogP contribution < -0.4 is 5.32 Å². The van der Waals surface area contributed by atoms with Crippen molar-refractivity contribution in [1.82, 2.24) is 15.3 Å². The van der Waals surface area contributed by atoms with Crippen LogP contribution in [0.3, 0.4) is 0 Å². The van der Waals surface area contributed by atoms with E-state index in [0.29, 0.717) is 0 Å². The Morgan fingerprint density at radius 1 is 1.53 bits per heavy atom. The van der Waals surface area contributed by atoms with Crippen molar-refractivity contribution >= 4 is 0 Å². The Morgan fingerprint density at radius 3 is 2.67 bits per heavy atom. The molecule has 0 aliphatic rings. The zero-order chi connectivity index (χ0) is 11.5. The summed E-state index contributed by atoms with van der Waals surface area (Å²) in [5.41, 5.74) is 1.13. The Kier molecular flexibility index (Phi) is 3.88. The summed E-state index contributed by atoms with van der Waals surface area (Å²) in [6, 6.07) is 0. The lowest BCUT2D eigenvalue weighted by molar-refractivity contribution is 0.00919. The summed E-state index contributed by atoms with van der Waals surface area (Å²) >= 11 is 0. The predicted octanol–water partition coefficient (Wildman–Crippen LogP) is 1.86. The molecule has 1 aromatic rings. The van der Waals surface area contributed by atoms with Gasteiger partial charge in [0.05, 0.1) is 0 Å². The number of nitrogens with zero attached hydrogens (tertiary/aromatic N) is 1. The maximum absolute atomic E-state index is 5.48. The van der Waals surface area contributed by atoms with E-state index in [1.54, 1.807) is 7.11 Å². The van der Waals surface area contributed by atoms with Crippen LogP contribution in [0.4, 0.5) is 0 Å². The summed E-state index contributed by atoms with van der Waals surface area (Å²) in [4.78, 5) is 7.62. The minimum absolute atomic E-state index is 0.00288. The summed E-state index contributed by atoms with van der Waals surface area (Å²) < 4.78 is 5.48. The summed E-state index contributed by atoms with van der Waals surface area (Å²) in [5, 5.41) is 3.08. The largest absolute Gasteiger partial charge is 0.373 e. The molecule has 0 aliphatic heterocycles. The third kappa shape index (κ3) is 3.04. The zero-order valence-electron chi connectivity index (χ0n) is 10.2. The maximum Gasteiger partial charge on any atom is 0.136 e. The van der Waals surface area contributed by atoms with Crippen molar-refractivity contribution in [1.29, 1.82) is 0 Å². The van der Waals surface area contributed by atoms with E-state index in [-0.39, 0.29) is 11.5 Å². The molecule has 4 nitrogen and oxygen atoms in total. The molecule has 1 heterocycles. The lowest BCUT2D eigenvalue weighted by Gasteiger charge is -2.27. The fourth-order valence-electron chi connectivity index (χ4n) is 1.67. The first-order chi connectivity index (χ1) is 6.99. The Morgan fingerprint density at radius 2 is 2.20 bits per heavy atom. The second-order valence-electron chi connectivity index (χ2n) is 4.81. The molecule has 0 amide bonds. The van der Waals surface area contributed by atoms with Gasteiger partial charge in [0.1, 0.15) is 11.9 Å². The standard InChI is InChI=1S/C11H21N3O/c1-11(2,3)9(15-5)10-13-7-8(14-10)6-12-4/h7,9,12H,6H2,1-5H3,(H,13,14). The molecule has 0 radical (unpaired) electrons. The molecule has 0 aliphatic carbocycles. The minimum atomic E-state index is 0.00288. The van der Waals surface area contributed by atoms with Gasteiger partial charge in [-0.1, -0.05) is 20.8 Å². The summed E-state index contributed by atoms with van der Waals surface area (Å²) in [7, 11) is 3.63. The van der Waals surface area contributed by atoms with E-state index in [1.807, 2.05) is 13.2 Å². The van der Waals surface area contributed by atoms with Crippen LogP contribution in [0.5, 0.6) is 0 Å². The van der Waals surface area contributed by atoms with Gasteiger partial charge in [-0.05, 0) is 12.5 Å². The van der Waals surface area contributed by atoms with Crippen molar-refractivity contribution in [3.05, 3.63) is 17.7 Å². The van der Waals surface area contributed by atoms with Crippen molar-refractivity contribution in [2.24, 2.45) is 5.41 Å². The molecule has 1 rings (SSSR count). The molecule has 86 valence electrons. The molecule has 0 spiro atoms. The zero-order valence-corrected chi connectivity index (χ0v) is 10.2. The van der Waals surface area contributed by atoms with Gasteiger partial charge in [0, 0.05) is 25.5 Å². The Balaban J connectivity index is 2.83. The molecule has 1 unspecified atom stereocenters. The molecular formula is C11H21N3O. The van der Waals surface area contributed by atoms with E-state index in [2.05, 4.69) is 36.1 Å². The van der Waals surface area contributed by atoms with E-state index >= 15 is 0 Å². The first-order valence-electron chi connectivity index (χ1n) is 5.20. The van der Waals surface area contributed by atoms with Gasteiger partial charge in [-0.3, -0.25) is 0 Å². The van der Waals surface area contributed by atoms with Crippen LogP contribution in [-0.2, 0) is 11.3 Å². The number of imidazole rings is 1. The molecule has 0 bridgehead atoms. The van der Waals surface area contributed by atoms with Crippen molar-refractivity contribution in [2.75, 3.05) is 14.2 Å². The van der Waals surface area contributed by atoms with Gasteiger partial charge in [0.25, 0.3) is 0 Å². The number of aromatic nitrogens is 2. The number of aromatic amines is 1. The van der Waals surface area contributed by atoms with Crippen molar-refractivity contribution in [2.45, 2.75) is 33.4 Å². The van der Waals surface area contributed by atoms with Crippen LogP contribution >= 0.6 is 0 Å². The second kappa shape index (κ2) is 4.77. The quantitative estimate of drug-likeness (QED) is 0.799. The van der Waals surface area contributed by atoms with Gasteiger partial charge in [0.15, 0.2) is 0 Å². The highest BCUT2D eigenvalue weighted by Gasteiger charge is 2.28. The molecule has 0 fully saturated rings. The molecule has 1 aromatic heterocycles. The monoisotopic (exact) mass is 211 g/mol. The predicted molar refractivity (Wildman–Crippen MR) is 60.6 cm³/mol. The normalized spacial score (nSPS) is 14.2. The van der Waals surface area contributed by atoms with E-state index < -0.39 is 0 Å². The third-order valence-corrected chi connectivity index (χ3v) is 2.29. The molecule has 15 heavy (non-hydrogen) atoms. The van der Waals surface area contributed by atoms with Gasteiger partial charge in [-0.2, -0.15) is 0 Å². The van der Waals surface area contributed by atoms with Gasteiger partial charge in [-0.15, -0.1) is 0 Å². The summed E-state index contributed by atoms with van der Waals surface area (Å²) in [5.74, 6) is 0.898. The van der Waals surface area contributed by atoms with Crippen LogP contribution in [0.15, 0.2) is 6.20 Å². The number of nitrogens with one attached hydrogen (secondary N) is 2. The van der Waals surface area contributed by atoms with Crippen LogP contribution in [0.25, 0.3) is 0 Å². The SMILES string of the molecule is CNCc1cnc(C(OC)C(C)(C)C)[nH]1. The van der Waals surface area contributed by atoms with Crippen molar-refractivity contribution in [3.8, 4) is 0 Å². The lowest BCUT2D eigenvalue weighted by Crippen LogP contribution is -2.21. The Hall–Kier alpha value is -0.870. The second-order valence-corrected chi connectivity index (χ2v) is 4.81. The average molecular weight is 211 g/mol. The minimum Gasteiger partial charge on any atom is -0.373 e. The third-order valence-electron chi connectivity index (χ3n) is 2.29. The highest BCUT2D eigenvalue weighted by atomic mass is 16.5. The molecular weight excluding hydrogens is 190 g/mol. The topological polar surface area (TPSA) is 49.9 Å². The van der Waals surface area contributed by atoms with Crippen LogP contribution in [0.1, 0.15) is 38.4 Å². The highest BCUT2D eigenvalue weighted by molar-refractivity contribution is 5.05. The van der Waals surface area contributed by atoms with E-state index in [4.69, 9.17) is 4.74 Å². The molecule has 4 heteroatoms. The lowest BCUT2D eigenvalue weighted by atomic mass is 9.88. The molecule has 2 N–H and O–H groups in total. The Labute approximate surface area is 91.4 Å². The van der Waals surface area contributed by atoms with Crippen molar-refractivity contribution in [3.63, 3.8) is 0 Å². The maximum atomic E-state index is 5.48. The highest BCUT2D eigenvalue weighted by Crippen LogP contribution is 2.33. The van der Waals surface area contributed by atoms with Gasteiger partial charge < -0.3 is 15.0 Å². The Bertz CT molecular complexity index is 301. The number of ether oxygens (including phenoxy) is 1. The number of hydrogen-bond donors (Lipinski definition) is 2. The number of methoxy groups -OCH3 is 1. The number of H-pyrrole nitrogens is 1. The van der Waals surface area contributed by atoms with E-state index in [9.17, 15) is 0 Å². The number of rotatable bonds is 4. The van der Waals surface area contributed by atoms with Gasteiger partial charge in [0.2, 0.25) is 0 Å². The number of hydrogen-bond acceptors (Lipinski definition) is 3. The van der Waals surface area contributed by atoms with E-state index in [1.165, 1.54) is 0 Å². The smallest absolute Gasteiger partial charge is 0.136 e. The first kappa shape index (κ1) is 12.2. The molecule has 0 aromatic carbocycles. The van der Waals surface area contributed by atoms with E-state index in [0.717, 1.165) is 18.1 Å². The van der Waals surface area contributed by atoms with Crippen LogP contribution in [-0.4, -0.2) is 24.1 Å². The first-order valence-corrected chi connectivity index (χ1v) is 5.20. The summed E-state index contributed by atoms with van der Waals surface area (Å²) in [6.07, 6.45) is 1.85.